The fourth-order valence-electron chi connectivity index (χ4n) is 6.11. The Kier molecular flexibility index (Phi) is 8.31. The molecule has 0 bridgehead atoms. The molecule has 0 fully saturated rings. The van der Waals surface area contributed by atoms with Crippen LogP contribution in [0.25, 0.3) is 0 Å². The summed E-state index contributed by atoms with van der Waals surface area (Å²) >= 11 is 0. The average Bonchev–Trinajstić information content (AvgIpc) is 3.55. The molecule has 11 nitrogen and oxygen atoms in total. The number of amides is 4. The minimum Gasteiger partial charge on any atom is -0.457 e. The highest BCUT2D eigenvalue weighted by Crippen LogP contribution is 2.35. The summed E-state index contributed by atoms with van der Waals surface area (Å²) in [5.41, 5.74) is 2.27. The second-order valence-electron chi connectivity index (χ2n) is 12.6. The highest BCUT2D eigenvalue weighted by atomic mass is 32.2. The molecule has 0 saturated heterocycles. The van der Waals surface area contributed by atoms with Crippen molar-refractivity contribution in [2.45, 2.75) is 16.7 Å². The van der Waals surface area contributed by atoms with Crippen LogP contribution in [0.15, 0.2) is 143 Å². The molecule has 2 aliphatic rings. The number of sulfone groups is 1. The third-order valence-electron chi connectivity index (χ3n) is 9.01. The number of benzene rings is 6. The molecule has 0 N–H and O–H groups in total. The number of anilines is 1. The summed E-state index contributed by atoms with van der Waals surface area (Å²) in [6, 6.07) is 35.1. The predicted molar refractivity (Wildman–Crippen MR) is 197 cm³/mol. The molecule has 0 saturated carbocycles. The van der Waals surface area contributed by atoms with Gasteiger partial charge in [-0.15, -0.1) is 0 Å². The Hall–Kier alpha value is -7.05. The zero-order valence-electron chi connectivity index (χ0n) is 28.7. The van der Waals surface area contributed by atoms with Gasteiger partial charge in [-0.25, -0.2) is 13.3 Å². The van der Waals surface area contributed by atoms with Gasteiger partial charge in [-0.2, -0.15) is 0 Å². The number of hydrogen-bond acceptors (Lipinski definition) is 9. The number of fused-ring (bicyclic) bond motifs is 2. The first-order chi connectivity index (χ1) is 26.0. The zero-order chi connectivity index (χ0) is 37.7. The van der Waals surface area contributed by atoms with Crippen molar-refractivity contribution in [3.63, 3.8) is 0 Å². The second kappa shape index (κ2) is 13.2. The Labute approximate surface area is 309 Å². The Morgan fingerprint density at radius 1 is 0.426 bits per heavy atom. The van der Waals surface area contributed by atoms with E-state index in [1.165, 1.54) is 67.7 Å². The first-order valence-electron chi connectivity index (χ1n) is 16.6. The van der Waals surface area contributed by atoms with E-state index in [0.29, 0.717) is 34.4 Å². The van der Waals surface area contributed by atoms with Crippen molar-refractivity contribution in [3.05, 3.63) is 161 Å². The van der Waals surface area contributed by atoms with Crippen molar-refractivity contribution in [3.8, 4) is 34.5 Å². The van der Waals surface area contributed by atoms with Gasteiger partial charge in [0.25, 0.3) is 23.6 Å². The largest absolute Gasteiger partial charge is 0.457 e. The number of nitrogens with zero attached hydrogens (tertiary/aromatic N) is 2. The van der Waals surface area contributed by atoms with E-state index in [4.69, 9.17) is 14.2 Å². The molecule has 266 valence electrons. The highest BCUT2D eigenvalue weighted by Gasteiger charge is 2.37. The van der Waals surface area contributed by atoms with Gasteiger partial charge in [0.15, 0.2) is 0 Å². The van der Waals surface area contributed by atoms with E-state index < -0.39 is 33.5 Å². The van der Waals surface area contributed by atoms with E-state index in [0.717, 1.165) is 15.4 Å². The van der Waals surface area contributed by atoms with Crippen LogP contribution in [-0.4, -0.2) is 44.0 Å². The molecular weight excluding hydrogens is 709 g/mol. The fraction of sp³-hybridized carbons (Fsp3) is 0.0476. The van der Waals surface area contributed by atoms with Crippen LogP contribution in [0.5, 0.6) is 34.5 Å². The van der Waals surface area contributed by atoms with Crippen molar-refractivity contribution < 1.29 is 41.8 Å². The lowest BCUT2D eigenvalue weighted by atomic mass is 10.1. The van der Waals surface area contributed by atoms with Crippen LogP contribution in [0.2, 0.25) is 0 Å². The summed E-state index contributed by atoms with van der Waals surface area (Å²) in [5, 5.41) is 0. The van der Waals surface area contributed by atoms with Crippen molar-refractivity contribution in [2.24, 2.45) is 0 Å². The maximum atomic E-state index is 13.4. The summed E-state index contributed by atoms with van der Waals surface area (Å²) in [6.07, 6.45) is 0. The molecule has 54 heavy (non-hydrogen) atoms. The van der Waals surface area contributed by atoms with Gasteiger partial charge in [0.05, 0.1) is 37.7 Å². The average molecular weight is 737 g/mol. The minimum absolute atomic E-state index is 0.0864. The van der Waals surface area contributed by atoms with E-state index in [1.807, 2.05) is 31.2 Å². The Morgan fingerprint density at radius 2 is 0.778 bits per heavy atom. The van der Waals surface area contributed by atoms with Crippen molar-refractivity contribution in [2.75, 3.05) is 11.9 Å². The second-order valence-corrected chi connectivity index (χ2v) is 14.5. The fourth-order valence-corrected chi connectivity index (χ4v) is 7.37. The molecule has 0 spiro atoms. The lowest BCUT2D eigenvalue weighted by Crippen LogP contribution is -2.29. The molecule has 6 aromatic carbocycles. The van der Waals surface area contributed by atoms with Crippen LogP contribution in [-0.2, 0) is 9.84 Å². The molecule has 2 aliphatic heterocycles. The quantitative estimate of drug-likeness (QED) is 0.134. The molecule has 0 unspecified atom stereocenters. The first kappa shape index (κ1) is 34.1. The molecule has 4 amide bonds. The maximum Gasteiger partial charge on any atom is 0.266 e. The summed E-state index contributed by atoms with van der Waals surface area (Å²) in [5.74, 6) is 0.607. The van der Waals surface area contributed by atoms with Gasteiger partial charge in [-0.1, -0.05) is 17.7 Å². The number of aryl methyl sites for hydroxylation is 1. The maximum absolute atomic E-state index is 13.4. The van der Waals surface area contributed by atoms with Crippen molar-refractivity contribution in [1.29, 1.82) is 0 Å². The van der Waals surface area contributed by atoms with Gasteiger partial charge in [-0.3, -0.25) is 24.1 Å². The van der Waals surface area contributed by atoms with Crippen molar-refractivity contribution in [1.82, 2.24) is 4.90 Å². The van der Waals surface area contributed by atoms with Crippen LogP contribution in [0.1, 0.15) is 47.0 Å². The predicted octanol–water partition coefficient (Wildman–Crippen LogP) is 8.23. The molecule has 6 aromatic rings. The number of hydrogen-bond donors (Lipinski definition) is 0. The number of carbonyl (C=O) groups excluding carboxylic acids is 4. The van der Waals surface area contributed by atoms with E-state index >= 15 is 0 Å². The summed E-state index contributed by atoms with van der Waals surface area (Å²) in [6.45, 7) is 1.98. The smallest absolute Gasteiger partial charge is 0.266 e. The van der Waals surface area contributed by atoms with E-state index in [9.17, 15) is 27.6 Å². The zero-order valence-corrected chi connectivity index (χ0v) is 29.5. The third kappa shape index (κ3) is 6.14. The lowest BCUT2D eigenvalue weighted by Gasteiger charge is -2.14. The molecule has 8 rings (SSSR count). The minimum atomic E-state index is -3.81. The van der Waals surface area contributed by atoms with Gasteiger partial charge in [0.2, 0.25) is 9.84 Å². The lowest BCUT2D eigenvalue weighted by molar-refractivity contribution is 0.0692. The van der Waals surface area contributed by atoms with Crippen LogP contribution in [0.4, 0.5) is 5.69 Å². The van der Waals surface area contributed by atoms with Gasteiger partial charge < -0.3 is 14.2 Å². The number of carbonyl (C=O) groups is 4. The van der Waals surface area contributed by atoms with Gasteiger partial charge >= 0.3 is 0 Å². The summed E-state index contributed by atoms with van der Waals surface area (Å²) in [4.78, 5) is 53.6. The number of imide groups is 2. The monoisotopic (exact) mass is 736 g/mol. The summed E-state index contributed by atoms with van der Waals surface area (Å²) in [7, 11) is -2.41. The molecule has 0 aliphatic carbocycles. The van der Waals surface area contributed by atoms with Gasteiger partial charge in [0, 0.05) is 7.05 Å². The number of ether oxygens (including phenoxy) is 3. The SMILES string of the molecule is Cc1ccc(Oc2ccc(S(=O)(=O)c3ccc(Oc4ccc(N5C(=O)c6ccc(Oc7ccc8c(c7)C(=O)N(C)C8=O)cc6C5=O)cc4)cc3)cc2)cc1. The standard InChI is InChI=1S/C42H28N2O9S/c1-25-3-7-27(8-4-25)51-29-11-17-33(18-12-29)54(49,50)34-19-13-30(14-20-34)52-28-9-5-26(6-10-28)44-41(47)36-22-16-32(24-38(36)42(44)48)53-31-15-21-35-37(23-31)40(46)43(2)39(35)45/h3-24H,1-2H3. The van der Waals surface area contributed by atoms with Crippen LogP contribution < -0.4 is 19.1 Å². The first-order valence-corrected chi connectivity index (χ1v) is 18.1. The molecule has 0 aromatic heterocycles. The van der Waals surface area contributed by atoms with E-state index in [2.05, 4.69) is 0 Å². The van der Waals surface area contributed by atoms with E-state index in [1.54, 1.807) is 48.5 Å². The van der Waals surface area contributed by atoms with Crippen molar-refractivity contribution >= 4 is 39.2 Å². The molecule has 2 heterocycles. The van der Waals surface area contributed by atoms with E-state index in [-0.39, 0.29) is 37.8 Å². The summed E-state index contributed by atoms with van der Waals surface area (Å²) < 4.78 is 44.2. The molecule has 0 atom stereocenters. The molecular formula is C42H28N2O9S. The Balaban J connectivity index is 0.917. The third-order valence-corrected chi connectivity index (χ3v) is 10.8. The van der Waals surface area contributed by atoms with Crippen LogP contribution in [0, 0.1) is 6.92 Å². The number of rotatable bonds is 9. The Bertz CT molecular complexity index is 2620. The van der Waals surface area contributed by atoms with Crippen LogP contribution in [0.3, 0.4) is 0 Å². The molecule has 12 heteroatoms. The normalized spacial score (nSPS) is 13.6. The highest BCUT2D eigenvalue weighted by molar-refractivity contribution is 7.91. The Morgan fingerprint density at radius 3 is 1.28 bits per heavy atom. The van der Waals surface area contributed by atoms with Crippen LogP contribution >= 0.6 is 0 Å². The van der Waals surface area contributed by atoms with Gasteiger partial charge in [0.1, 0.15) is 34.5 Å². The van der Waals surface area contributed by atoms with Gasteiger partial charge in [-0.05, 0) is 128 Å². The molecule has 0 radical (unpaired) electrons. The topological polar surface area (TPSA) is 137 Å².